The number of aromatic amines is 1. The number of benzene rings is 4. The van der Waals surface area contributed by atoms with Gasteiger partial charge < -0.3 is 24.0 Å². The third-order valence-corrected chi connectivity index (χ3v) is 10.2. The summed E-state index contributed by atoms with van der Waals surface area (Å²) in [5, 5.41) is 0. The third-order valence-electron chi connectivity index (χ3n) is 10.2. The summed E-state index contributed by atoms with van der Waals surface area (Å²) < 4.78 is 20.6. The molecule has 0 saturated carbocycles. The summed E-state index contributed by atoms with van der Waals surface area (Å²) in [6.45, 7) is 0. The summed E-state index contributed by atoms with van der Waals surface area (Å²) >= 11 is 0. The minimum Gasteiger partial charge on any atom is -0.494 e. The zero-order valence-electron chi connectivity index (χ0n) is 31.7. The molecule has 283 valence electrons. The van der Waals surface area contributed by atoms with Crippen molar-refractivity contribution in [2.45, 2.75) is 0 Å². The van der Waals surface area contributed by atoms with Crippen LogP contribution in [-0.2, 0) is 21.5 Å². The second-order valence-corrected chi connectivity index (χ2v) is 13.3. The van der Waals surface area contributed by atoms with Crippen LogP contribution in [0.5, 0.6) is 11.5 Å². The molecule has 9 rings (SSSR count). The van der Waals surface area contributed by atoms with E-state index in [2.05, 4.69) is 65.7 Å². The minimum absolute atomic E-state index is 0. The van der Waals surface area contributed by atoms with E-state index in [0.717, 1.165) is 72.6 Å². The first kappa shape index (κ1) is 37.1. The van der Waals surface area contributed by atoms with Crippen LogP contribution in [-0.4, -0.2) is 48.1 Å². The fourth-order valence-electron chi connectivity index (χ4n) is 7.79. The first-order chi connectivity index (χ1) is 27.6. The number of rotatable bonds is 8. The predicted molar refractivity (Wildman–Crippen MR) is 226 cm³/mol. The number of ether oxygens (including phenoxy) is 3. The van der Waals surface area contributed by atoms with Crippen molar-refractivity contribution in [1.29, 1.82) is 0 Å². The van der Waals surface area contributed by atoms with E-state index in [4.69, 9.17) is 29.0 Å². The zero-order chi connectivity index (χ0) is 38.2. The molecule has 3 aromatic heterocycles. The topological polar surface area (TPSA) is 83.4 Å². The third kappa shape index (κ3) is 6.36. The predicted octanol–water partition coefficient (Wildman–Crippen LogP) is 10.8. The Balaban J connectivity index is 0.00000455. The van der Waals surface area contributed by atoms with Gasteiger partial charge in [-0.25, -0.2) is 9.97 Å². The van der Waals surface area contributed by atoms with Crippen LogP contribution in [0.4, 0.5) is 0 Å². The minimum atomic E-state index is 0. The molecule has 0 fully saturated rings. The molecule has 1 radical (unpaired) electrons. The van der Waals surface area contributed by atoms with E-state index in [-0.39, 0.29) is 16.8 Å². The Kier molecular flexibility index (Phi) is 10.3. The van der Waals surface area contributed by atoms with Crippen molar-refractivity contribution in [3.8, 4) is 56.0 Å². The largest absolute Gasteiger partial charge is 0.494 e. The van der Waals surface area contributed by atoms with Crippen molar-refractivity contribution in [3.63, 3.8) is 0 Å². The van der Waals surface area contributed by atoms with Crippen molar-refractivity contribution < 1.29 is 35.8 Å². The molecule has 7 aromatic rings. The molecule has 57 heavy (non-hydrogen) atoms. The smallest absolute Gasteiger partial charge is 0.191 e. The number of H-pyrrole nitrogens is 1. The van der Waals surface area contributed by atoms with Gasteiger partial charge in [-0.05, 0) is 46.5 Å². The molecular weight excluding hydrogens is 755 g/mol. The van der Waals surface area contributed by atoms with Gasteiger partial charge in [0, 0.05) is 56.1 Å². The van der Waals surface area contributed by atoms with Gasteiger partial charge >= 0.3 is 0 Å². The van der Waals surface area contributed by atoms with Gasteiger partial charge in [0.2, 0.25) is 0 Å². The van der Waals surface area contributed by atoms with Crippen LogP contribution in [0, 0.1) is 0 Å². The summed E-state index contributed by atoms with van der Waals surface area (Å²) in [6.07, 6.45) is 6.12. The first-order valence-electron chi connectivity index (χ1n) is 18.3. The standard InChI is InChI=1S/C48H38N4O4.Co/c1-53-39-29-38-41(31-19-11-6-12-20-31)36-26-25-34(49-36)40(30-17-9-5-10-18-30)35-27-28-37(50-35)42(32-21-13-7-14-22-32)45-47(54-2)48(55-3)46(52(45)56-4)43(44(39)51-38)33-23-15-8-16-24-33;/h5-29,49H,1-4H3;. The quantitative estimate of drug-likeness (QED) is 0.165. The van der Waals surface area contributed by atoms with E-state index >= 15 is 0 Å². The number of nitrogens with zero attached hydrogens (tertiary/aromatic N) is 3. The second-order valence-electron chi connectivity index (χ2n) is 13.3. The number of methoxy groups -OCH3 is 3. The van der Waals surface area contributed by atoms with E-state index in [1.54, 1.807) is 33.2 Å². The van der Waals surface area contributed by atoms with Crippen molar-refractivity contribution in [1.82, 2.24) is 19.7 Å². The Hall–Kier alpha value is -6.81. The molecule has 2 aliphatic heterocycles. The maximum Gasteiger partial charge on any atom is 0.191 e. The molecule has 1 N–H and O–H groups in total. The van der Waals surface area contributed by atoms with Gasteiger partial charge in [0.25, 0.3) is 0 Å². The Morgan fingerprint density at radius 3 is 1.33 bits per heavy atom. The van der Waals surface area contributed by atoms with E-state index in [9.17, 15) is 0 Å². The van der Waals surface area contributed by atoms with Crippen LogP contribution < -0.4 is 14.3 Å². The molecule has 0 aliphatic carbocycles. The number of hydrogen-bond donors (Lipinski definition) is 1. The summed E-state index contributed by atoms with van der Waals surface area (Å²) in [4.78, 5) is 21.1. The molecular formula is C48H38CoN4O4. The zero-order valence-corrected chi connectivity index (χ0v) is 32.8. The van der Waals surface area contributed by atoms with E-state index in [1.165, 1.54) is 0 Å². The monoisotopic (exact) mass is 793 g/mol. The van der Waals surface area contributed by atoms with Gasteiger partial charge in [0.05, 0.1) is 38.4 Å². The van der Waals surface area contributed by atoms with Gasteiger partial charge in [-0.15, -0.1) is 0 Å². The van der Waals surface area contributed by atoms with Crippen molar-refractivity contribution in [2.24, 2.45) is 0 Å². The molecule has 0 spiro atoms. The van der Waals surface area contributed by atoms with Crippen LogP contribution in [0.1, 0.15) is 22.8 Å². The van der Waals surface area contributed by atoms with Gasteiger partial charge in [0.1, 0.15) is 29.6 Å². The molecule has 8 bridgehead atoms. The van der Waals surface area contributed by atoms with Crippen molar-refractivity contribution >= 4 is 46.1 Å². The molecule has 0 amide bonds. The summed E-state index contributed by atoms with van der Waals surface area (Å²) in [6, 6.07) is 45.1. The van der Waals surface area contributed by atoms with Crippen LogP contribution in [0.25, 0.3) is 90.6 Å². The Morgan fingerprint density at radius 2 is 0.877 bits per heavy atom. The maximum absolute atomic E-state index is 6.43. The SMILES string of the molecule is COC1=Cc2nc1c(-c1ccccc1)c1c(OC)c(OC)c(c(-c3ccccc3)c3nc(c(-c4ccccc4)c4ccc([nH]4)c2-c2ccccc2)C=C3)n1OC.[Co]. The summed E-state index contributed by atoms with van der Waals surface area (Å²) in [7, 11) is 6.60. The Bertz CT molecular complexity index is 2830. The molecule has 9 heteroatoms. The first-order valence-corrected chi connectivity index (χ1v) is 18.3. The molecule has 0 atom stereocenters. The average Bonchev–Trinajstić information content (AvgIpc) is 4.07. The van der Waals surface area contributed by atoms with Gasteiger partial charge in [-0.1, -0.05) is 121 Å². The fourth-order valence-corrected chi connectivity index (χ4v) is 7.79. The van der Waals surface area contributed by atoms with Crippen LogP contribution >= 0.6 is 0 Å². The number of fused-ring (bicyclic) bond motifs is 8. The van der Waals surface area contributed by atoms with Crippen molar-refractivity contribution in [3.05, 3.63) is 156 Å². The maximum atomic E-state index is 6.43. The van der Waals surface area contributed by atoms with Crippen molar-refractivity contribution in [2.75, 3.05) is 28.4 Å². The summed E-state index contributed by atoms with van der Waals surface area (Å²) in [5.74, 6) is 1.53. The molecule has 2 aliphatic rings. The van der Waals surface area contributed by atoms with Crippen LogP contribution in [0.15, 0.2) is 133 Å². The van der Waals surface area contributed by atoms with E-state index < -0.39 is 0 Å². The fraction of sp³-hybridized carbons (Fsp3) is 0.0833. The molecule has 0 unspecified atom stereocenters. The second kappa shape index (κ2) is 15.7. The number of hydrogen-bond acceptors (Lipinski definition) is 6. The molecule has 8 nitrogen and oxygen atoms in total. The van der Waals surface area contributed by atoms with E-state index in [1.807, 2.05) is 91.0 Å². The van der Waals surface area contributed by atoms with E-state index in [0.29, 0.717) is 34.0 Å². The number of aromatic nitrogens is 4. The van der Waals surface area contributed by atoms with Crippen LogP contribution in [0.2, 0.25) is 0 Å². The Morgan fingerprint density at radius 1 is 0.456 bits per heavy atom. The normalized spacial score (nSPS) is 11.8. The van der Waals surface area contributed by atoms with Gasteiger partial charge in [0.15, 0.2) is 11.5 Å². The van der Waals surface area contributed by atoms with Crippen LogP contribution in [0.3, 0.4) is 0 Å². The number of nitrogens with one attached hydrogen (secondary N) is 1. The summed E-state index contributed by atoms with van der Waals surface area (Å²) in [5.41, 5.74) is 13.1. The molecule has 0 saturated heterocycles. The van der Waals surface area contributed by atoms with Gasteiger partial charge in [-0.2, -0.15) is 4.73 Å². The average molecular weight is 794 g/mol. The van der Waals surface area contributed by atoms with Gasteiger partial charge in [-0.3, -0.25) is 0 Å². The molecule has 5 heterocycles. The molecule has 4 aromatic carbocycles. The Labute approximate surface area is 340 Å².